The van der Waals surface area contributed by atoms with Crippen LogP contribution in [0, 0.1) is 6.92 Å². The maximum atomic E-state index is 5.37. The summed E-state index contributed by atoms with van der Waals surface area (Å²) in [5, 5.41) is 4.31. The fraction of sp³-hybridized carbons (Fsp3) is 0.188. The van der Waals surface area contributed by atoms with Gasteiger partial charge in [-0.2, -0.15) is 0 Å². The lowest BCUT2D eigenvalue weighted by molar-refractivity contribution is 0.419. The van der Waals surface area contributed by atoms with Gasteiger partial charge in [0.25, 0.3) is 0 Å². The lowest BCUT2D eigenvalue weighted by Gasteiger charge is -2.01. The first-order valence-corrected chi connectivity index (χ1v) is 7.31. The predicted octanol–water partition coefficient (Wildman–Crippen LogP) is 4.23. The van der Waals surface area contributed by atoms with Crippen molar-refractivity contribution in [3.8, 4) is 5.75 Å². The summed E-state index contributed by atoms with van der Waals surface area (Å²) in [6.45, 7) is 2.88. The monoisotopic (exact) mass is 284 g/mol. The Kier molecular flexibility index (Phi) is 3.56. The van der Waals surface area contributed by atoms with Crippen LogP contribution in [-0.2, 0) is 6.54 Å². The van der Waals surface area contributed by atoms with Crippen molar-refractivity contribution in [3.63, 3.8) is 0 Å². The van der Waals surface area contributed by atoms with E-state index >= 15 is 0 Å². The van der Waals surface area contributed by atoms with Crippen molar-refractivity contribution in [2.75, 3.05) is 12.4 Å². The standard InChI is InChI=1S/C16H16N2OS/c1-11-8-9-13(19-2)14-15(11)20-16(18-14)17-10-12-6-4-3-5-7-12/h3-9H,10H2,1-2H3,(H,17,18). The number of hydrogen-bond donors (Lipinski definition) is 1. The number of hydrogen-bond acceptors (Lipinski definition) is 4. The van der Waals surface area contributed by atoms with E-state index in [1.165, 1.54) is 15.8 Å². The fourth-order valence-electron chi connectivity index (χ4n) is 2.12. The Morgan fingerprint density at radius 2 is 1.95 bits per heavy atom. The molecule has 1 aromatic heterocycles. The fourth-order valence-corrected chi connectivity index (χ4v) is 3.07. The molecule has 0 aliphatic heterocycles. The second-order valence-electron chi connectivity index (χ2n) is 4.62. The van der Waals surface area contributed by atoms with Crippen molar-refractivity contribution in [2.24, 2.45) is 0 Å². The highest BCUT2D eigenvalue weighted by atomic mass is 32.1. The number of nitrogens with zero attached hydrogens (tertiary/aromatic N) is 1. The smallest absolute Gasteiger partial charge is 0.184 e. The third-order valence-corrected chi connectivity index (χ3v) is 4.36. The van der Waals surface area contributed by atoms with Gasteiger partial charge < -0.3 is 10.1 Å². The number of aromatic nitrogens is 1. The summed E-state index contributed by atoms with van der Waals surface area (Å²) in [7, 11) is 1.68. The van der Waals surface area contributed by atoms with Crippen LogP contribution in [0.5, 0.6) is 5.75 Å². The van der Waals surface area contributed by atoms with E-state index in [0.29, 0.717) is 0 Å². The molecule has 1 heterocycles. The van der Waals surface area contributed by atoms with Gasteiger partial charge in [0.2, 0.25) is 0 Å². The van der Waals surface area contributed by atoms with Crippen LogP contribution in [-0.4, -0.2) is 12.1 Å². The molecule has 0 aliphatic carbocycles. The summed E-state index contributed by atoms with van der Waals surface area (Å²) in [6.07, 6.45) is 0. The number of nitrogens with one attached hydrogen (secondary N) is 1. The van der Waals surface area contributed by atoms with E-state index in [1.54, 1.807) is 18.4 Å². The van der Waals surface area contributed by atoms with Gasteiger partial charge >= 0.3 is 0 Å². The summed E-state index contributed by atoms with van der Waals surface area (Å²) in [5.41, 5.74) is 3.41. The lowest BCUT2D eigenvalue weighted by atomic mass is 10.2. The SMILES string of the molecule is COc1ccc(C)c2sc(NCc3ccccc3)nc12. The third-order valence-electron chi connectivity index (χ3n) is 3.21. The van der Waals surface area contributed by atoms with E-state index in [0.717, 1.165) is 22.9 Å². The van der Waals surface area contributed by atoms with E-state index in [9.17, 15) is 0 Å². The summed E-state index contributed by atoms with van der Waals surface area (Å²) in [4.78, 5) is 4.64. The summed E-state index contributed by atoms with van der Waals surface area (Å²) in [6, 6.07) is 14.4. The molecule has 0 amide bonds. The molecule has 20 heavy (non-hydrogen) atoms. The van der Waals surface area contributed by atoms with Crippen LogP contribution in [0.2, 0.25) is 0 Å². The molecular formula is C16H16N2OS. The number of ether oxygens (including phenoxy) is 1. The minimum absolute atomic E-state index is 0.780. The minimum Gasteiger partial charge on any atom is -0.494 e. The van der Waals surface area contributed by atoms with Crippen LogP contribution in [0.1, 0.15) is 11.1 Å². The van der Waals surface area contributed by atoms with Crippen molar-refractivity contribution in [1.82, 2.24) is 4.98 Å². The highest BCUT2D eigenvalue weighted by Gasteiger charge is 2.10. The summed E-state index contributed by atoms with van der Waals surface area (Å²) in [5.74, 6) is 0.828. The number of rotatable bonds is 4. The maximum absolute atomic E-state index is 5.37. The second-order valence-corrected chi connectivity index (χ2v) is 5.62. The van der Waals surface area contributed by atoms with Crippen LogP contribution in [0.25, 0.3) is 10.2 Å². The molecule has 0 atom stereocenters. The Balaban J connectivity index is 1.88. The highest BCUT2D eigenvalue weighted by molar-refractivity contribution is 7.22. The van der Waals surface area contributed by atoms with Crippen LogP contribution in [0.3, 0.4) is 0 Å². The molecule has 0 unspecified atom stereocenters. The van der Waals surface area contributed by atoms with Gasteiger partial charge in [-0.05, 0) is 24.1 Å². The molecule has 0 spiro atoms. The van der Waals surface area contributed by atoms with Crippen LogP contribution >= 0.6 is 11.3 Å². The average Bonchev–Trinajstić information content (AvgIpc) is 2.92. The van der Waals surface area contributed by atoms with Crippen LogP contribution in [0.15, 0.2) is 42.5 Å². The van der Waals surface area contributed by atoms with Crippen molar-refractivity contribution < 1.29 is 4.74 Å². The number of anilines is 1. The Morgan fingerprint density at radius 3 is 2.70 bits per heavy atom. The summed E-state index contributed by atoms with van der Waals surface area (Å²) < 4.78 is 6.56. The molecular weight excluding hydrogens is 268 g/mol. The largest absolute Gasteiger partial charge is 0.494 e. The Bertz CT molecular complexity index is 722. The minimum atomic E-state index is 0.780. The molecule has 3 aromatic rings. The van der Waals surface area contributed by atoms with Crippen molar-refractivity contribution in [3.05, 3.63) is 53.6 Å². The Hall–Kier alpha value is -2.07. The molecule has 0 saturated carbocycles. The Morgan fingerprint density at radius 1 is 1.15 bits per heavy atom. The first-order valence-electron chi connectivity index (χ1n) is 6.50. The van der Waals surface area contributed by atoms with E-state index in [-0.39, 0.29) is 0 Å². The van der Waals surface area contributed by atoms with E-state index in [1.807, 2.05) is 24.3 Å². The molecule has 1 N–H and O–H groups in total. The normalized spacial score (nSPS) is 10.7. The van der Waals surface area contributed by atoms with Gasteiger partial charge in [0.1, 0.15) is 11.3 Å². The van der Waals surface area contributed by atoms with Gasteiger partial charge in [0.15, 0.2) is 5.13 Å². The van der Waals surface area contributed by atoms with Gasteiger partial charge in [-0.1, -0.05) is 47.7 Å². The number of fused-ring (bicyclic) bond motifs is 1. The molecule has 0 radical (unpaired) electrons. The van der Waals surface area contributed by atoms with Crippen LogP contribution in [0.4, 0.5) is 5.13 Å². The predicted molar refractivity (Wildman–Crippen MR) is 84.7 cm³/mol. The second kappa shape index (κ2) is 5.51. The molecule has 0 fully saturated rings. The molecule has 3 nitrogen and oxygen atoms in total. The van der Waals surface area contributed by atoms with E-state index in [2.05, 4.69) is 35.4 Å². The van der Waals surface area contributed by atoms with Gasteiger partial charge in [-0.15, -0.1) is 0 Å². The van der Waals surface area contributed by atoms with Gasteiger partial charge in [-0.3, -0.25) is 0 Å². The quantitative estimate of drug-likeness (QED) is 0.778. The van der Waals surface area contributed by atoms with Crippen molar-refractivity contribution >= 4 is 26.7 Å². The molecule has 2 aromatic carbocycles. The topological polar surface area (TPSA) is 34.1 Å². The van der Waals surface area contributed by atoms with Crippen molar-refractivity contribution in [2.45, 2.75) is 13.5 Å². The zero-order valence-electron chi connectivity index (χ0n) is 11.5. The average molecular weight is 284 g/mol. The van der Waals surface area contributed by atoms with E-state index < -0.39 is 0 Å². The first kappa shape index (κ1) is 12.9. The lowest BCUT2D eigenvalue weighted by Crippen LogP contribution is -1.98. The number of thiazole rings is 1. The van der Waals surface area contributed by atoms with Gasteiger partial charge in [0, 0.05) is 6.54 Å². The number of benzene rings is 2. The van der Waals surface area contributed by atoms with Crippen molar-refractivity contribution in [1.29, 1.82) is 0 Å². The van der Waals surface area contributed by atoms with Gasteiger partial charge in [0.05, 0.1) is 11.8 Å². The molecule has 102 valence electrons. The molecule has 3 rings (SSSR count). The zero-order chi connectivity index (χ0) is 13.9. The maximum Gasteiger partial charge on any atom is 0.184 e. The number of aryl methyl sites for hydroxylation is 1. The zero-order valence-corrected chi connectivity index (χ0v) is 12.3. The van der Waals surface area contributed by atoms with Crippen LogP contribution < -0.4 is 10.1 Å². The molecule has 4 heteroatoms. The number of methoxy groups -OCH3 is 1. The molecule has 0 bridgehead atoms. The first-order chi connectivity index (χ1) is 9.78. The third kappa shape index (κ3) is 2.47. The molecule has 0 aliphatic rings. The Labute approximate surface area is 122 Å². The van der Waals surface area contributed by atoms with Gasteiger partial charge in [-0.25, -0.2) is 4.98 Å². The molecule has 0 saturated heterocycles. The van der Waals surface area contributed by atoms with E-state index in [4.69, 9.17) is 4.74 Å². The highest BCUT2D eigenvalue weighted by Crippen LogP contribution is 2.34. The summed E-state index contributed by atoms with van der Waals surface area (Å²) >= 11 is 1.67.